The van der Waals surface area contributed by atoms with E-state index in [1.54, 1.807) is 31.2 Å². The van der Waals surface area contributed by atoms with Gasteiger partial charge in [-0.25, -0.2) is 4.79 Å². The van der Waals surface area contributed by atoms with Crippen molar-refractivity contribution in [1.29, 1.82) is 0 Å². The monoisotopic (exact) mass is 482 g/mol. The zero-order chi connectivity index (χ0) is 24.1. The molecule has 3 aromatic rings. The molecule has 0 unspecified atom stereocenters. The first-order valence-electron chi connectivity index (χ1n) is 9.85. The second-order valence-electron chi connectivity index (χ2n) is 6.94. The molecule has 1 N–H and O–H groups in total. The Labute approximate surface area is 188 Å². The molecular weight excluding hydrogens is 461 g/mol. The van der Waals surface area contributed by atoms with Crippen LogP contribution in [0.4, 0.5) is 18.0 Å². The minimum atomic E-state index is -4.71. The molecular formula is C22H21F3N2O5S. The van der Waals surface area contributed by atoms with Gasteiger partial charge in [0.25, 0.3) is 0 Å². The number of halogens is 3. The lowest BCUT2D eigenvalue weighted by Crippen LogP contribution is -2.39. The van der Waals surface area contributed by atoms with Crippen LogP contribution in [0.25, 0.3) is 0 Å². The average Bonchev–Trinajstić information content (AvgIpc) is 3.27. The highest BCUT2D eigenvalue weighted by Crippen LogP contribution is 2.31. The number of carbonyl (C=O) groups is 1. The Morgan fingerprint density at radius 3 is 2.48 bits per heavy atom. The SMILES string of the molecule is CCNC(=O)N(Cc1ccco1)Cc1ccccc1OS(=O)(=O)c1cccc(C(F)(F)F)c1. The van der Waals surface area contributed by atoms with Gasteiger partial charge < -0.3 is 18.8 Å². The standard InChI is InChI=1S/C22H21F3N2O5S/c1-2-26-21(28)27(15-18-9-6-12-31-18)14-16-7-3-4-11-20(16)32-33(29,30)19-10-5-8-17(13-19)22(23,24)25/h3-13H,2,14-15H2,1H3,(H,26,28). The van der Waals surface area contributed by atoms with Crippen LogP contribution in [-0.2, 0) is 29.4 Å². The zero-order valence-corrected chi connectivity index (χ0v) is 18.3. The fourth-order valence-corrected chi connectivity index (χ4v) is 3.98. The third kappa shape index (κ3) is 6.28. The Bertz CT molecular complexity index is 1190. The van der Waals surface area contributed by atoms with E-state index in [4.69, 9.17) is 8.60 Å². The van der Waals surface area contributed by atoms with E-state index in [1.807, 2.05) is 0 Å². The minimum Gasteiger partial charge on any atom is -0.467 e. The third-order valence-electron chi connectivity index (χ3n) is 4.53. The molecule has 0 aliphatic heterocycles. The number of benzene rings is 2. The van der Waals surface area contributed by atoms with Crippen molar-refractivity contribution in [3.63, 3.8) is 0 Å². The number of urea groups is 1. The normalized spacial score (nSPS) is 11.8. The molecule has 0 aliphatic rings. The smallest absolute Gasteiger partial charge is 0.416 e. The van der Waals surface area contributed by atoms with Crippen LogP contribution in [0, 0.1) is 0 Å². The molecule has 3 rings (SSSR count). The average molecular weight is 482 g/mol. The number of hydrogen-bond acceptors (Lipinski definition) is 5. The molecule has 0 radical (unpaired) electrons. The lowest BCUT2D eigenvalue weighted by molar-refractivity contribution is -0.137. The highest BCUT2D eigenvalue weighted by Gasteiger charge is 2.32. The fourth-order valence-electron chi connectivity index (χ4n) is 2.97. The van der Waals surface area contributed by atoms with E-state index in [1.165, 1.54) is 23.3 Å². The van der Waals surface area contributed by atoms with E-state index in [-0.39, 0.29) is 18.8 Å². The molecule has 7 nitrogen and oxygen atoms in total. The van der Waals surface area contributed by atoms with E-state index in [2.05, 4.69) is 5.32 Å². The van der Waals surface area contributed by atoms with Crippen molar-refractivity contribution in [1.82, 2.24) is 10.2 Å². The van der Waals surface area contributed by atoms with Crippen molar-refractivity contribution in [3.05, 3.63) is 83.8 Å². The number of nitrogens with zero attached hydrogens (tertiary/aromatic N) is 1. The summed E-state index contributed by atoms with van der Waals surface area (Å²) in [7, 11) is -4.57. The maximum atomic E-state index is 13.0. The third-order valence-corrected chi connectivity index (χ3v) is 5.76. The summed E-state index contributed by atoms with van der Waals surface area (Å²) in [5, 5.41) is 2.67. The molecule has 11 heteroatoms. The molecule has 2 aromatic carbocycles. The summed E-state index contributed by atoms with van der Waals surface area (Å²) in [5.74, 6) is 0.403. The van der Waals surface area contributed by atoms with Gasteiger partial charge in [0.2, 0.25) is 0 Å². The van der Waals surface area contributed by atoms with Crippen molar-refractivity contribution in [3.8, 4) is 5.75 Å². The summed E-state index contributed by atoms with van der Waals surface area (Å²) in [4.78, 5) is 13.3. The molecule has 0 bridgehead atoms. The maximum Gasteiger partial charge on any atom is 0.416 e. The molecule has 2 amide bonds. The maximum absolute atomic E-state index is 13.0. The van der Waals surface area contributed by atoms with Crippen LogP contribution in [0.2, 0.25) is 0 Å². The summed E-state index contributed by atoms with van der Waals surface area (Å²) in [5.41, 5.74) is -0.771. The summed E-state index contributed by atoms with van der Waals surface area (Å²) in [6.07, 6.45) is -3.24. The molecule has 0 spiro atoms. The van der Waals surface area contributed by atoms with Crippen LogP contribution in [0.1, 0.15) is 23.8 Å². The van der Waals surface area contributed by atoms with Gasteiger partial charge in [-0.15, -0.1) is 0 Å². The van der Waals surface area contributed by atoms with Crippen LogP contribution in [0.15, 0.2) is 76.2 Å². The highest BCUT2D eigenvalue weighted by atomic mass is 32.2. The molecule has 0 aliphatic carbocycles. The number of alkyl halides is 3. The number of para-hydroxylation sites is 1. The zero-order valence-electron chi connectivity index (χ0n) is 17.5. The second kappa shape index (κ2) is 9.99. The van der Waals surface area contributed by atoms with Gasteiger partial charge in [-0.1, -0.05) is 24.3 Å². The minimum absolute atomic E-state index is 0.0409. The first-order valence-corrected chi connectivity index (χ1v) is 11.3. The molecule has 0 saturated carbocycles. The Balaban J connectivity index is 1.88. The molecule has 1 heterocycles. The van der Waals surface area contributed by atoms with Crippen LogP contribution in [0.3, 0.4) is 0 Å². The van der Waals surface area contributed by atoms with Crippen molar-refractivity contribution < 1.29 is 35.0 Å². The summed E-state index contributed by atoms with van der Waals surface area (Å²) in [6, 6.07) is 12.3. The molecule has 33 heavy (non-hydrogen) atoms. The summed E-state index contributed by atoms with van der Waals surface area (Å²) in [6.45, 7) is 2.19. The van der Waals surface area contributed by atoms with Gasteiger partial charge in [0.05, 0.1) is 24.9 Å². The Morgan fingerprint density at radius 1 is 1.06 bits per heavy atom. The van der Waals surface area contributed by atoms with E-state index in [0.29, 0.717) is 23.9 Å². The largest absolute Gasteiger partial charge is 0.467 e. The van der Waals surface area contributed by atoms with Gasteiger partial charge in [0, 0.05) is 12.1 Å². The molecule has 0 saturated heterocycles. The van der Waals surface area contributed by atoms with E-state index < -0.39 is 32.8 Å². The number of rotatable bonds is 8. The van der Waals surface area contributed by atoms with Gasteiger partial charge in [0.1, 0.15) is 16.4 Å². The van der Waals surface area contributed by atoms with Crippen molar-refractivity contribution in [2.75, 3.05) is 6.54 Å². The topological polar surface area (TPSA) is 88.8 Å². The molecule has 176 valence electrons. The molecule has 0 fully saturated rings. The van der Waals surface area contributed by atoms with Crippen LogP contribution >= 0.6 is 0 Å². The first-order chi connectivity index (χ1) is 15.6. The van der Waals surface area contributed by atoms with Crippen LogP contribution in [-0.4, -0.2) is 25.9 Å². The summed E-state index contributed by atoms with van der Waals surface area (Å²) < 4.78 is 74.9. The summed E-state index contributed by atoms with van der Waals surface area (Å²) >= 11 is 0. The van der Waals surface area contributed by atoms with Crippen molar-refractivity contribution in [2.45, 2.75) is 31.1 Å². The van der Waals surface area contributed by atoms with Gasteiger partial charge in [0.15, 0.2) is 0 Å². The lowest BCUT2D eigenvalue weighted by atomic mass is 10.2. The number of hydrogen-bond donors (Lipinski definition) is 1. The Morgan fingerprint density at radius 2 is 1.82 bits per heavy atom. The lowest BCUT2D eigenvalue weighted by Gasteiger charge is -2.23. The van der Waals surface area contributed by atoms with Crippen molar-refractivity contribution >= 4 is 16.1 Å². The second-order valence-corrected chi connectivity index (χ2v) is 8.49. The van der Waals surface area contributed by atoms with Gasteiger partial charge in [-0.3, -0.25) is 0 Å². The van der Waals surface area contributed by atoms with E-state index in [0.717, 1.165) is 18.2 Å². The van der Waals surface area contributed by atoms with Gasteiger partial charge in [-0.2, -0.15) is 21.6 Å². The Hall–Kier alpha value is -3.47. The predicted molar refractivity (Wildman–Crippen MR) is 113 cm³/mol. The van der Waals surface area contributed by atoms with Crippen molar-refractivity contribution in [2.24, 2.45) is 0 Å². The predicted octanol–water partition coefficient (Wildman–Crippen LogP) is 4.80. The number of carbonyl (C=O) groups excluding carboxylic acids is 1. The highest BCUT2D eigenvalue weighted by molar-refractivity contribution is 7.87. The van der Waals surface area contributed by atoms with Gasteiger partial charge in [-0.05, 0) is 43.3 Å². The number of nitrogens with one attached hydrogen (secondary N) is 1. The van der Waals surface area contributed by atoms with Gasteiger partial charge >= 0.3 is 22.3 Å². The first kappa shape index (κ1) is 24.2. The number of amides is 2. The Kier molecular flexibility index (Phi) is 7.32. The molecule has 1 aromatic heterocycles. The number of furan rings is 1. The van der Waals surface area contributed by atoms with Crippen LogP contribution < -0.4 is 9.50 Å². The quantitative estimate of drug-likeness (QED) is 0.466. The van der Waals surface area contributed by atoms with E-state index in [9.17, 15) is 26.4 Å². The fraction of sp³-hybridized carbons (Fsp3) is 0.227. The van der Waals surface area contributed by atoms with Crippen LogP contribution in [0.5, 0.6) is 5.75 Å². The molecule has 0 atom stereocenters. The van der Waals surface area contributed by atoms with E-state index >= 15 is 0 Å².